The van der Waals surface area contributed by atoms with E-state index in [0.717, 1.165) is 17.0 Å². The normalized spacial score (nSPS) is 18.7. The van der Waals surface area contributed by atoms with Crippen LogP contribution in [0.15, 0.2) is 14.8 Å². The van der Waals surface area contributed by atoms with Crippen molar-refractivity contribution in [2.24, 2.45) is 0 Å². The molecule has 2 heterocycles. The molecule has 0 unspecified atom stereocenters. The molecule has 7 heteroatoms. The SMILES string of the molecule is CCn1c(S[C@H](C)C(=O)OC)nc2c(c1=O)S[C@@H](C)C2. The summed E-state index contributed by atoms with van der Waals surface area (Å²) in [6.45, 7) is 6.30. The number of aromatic nitrogens is 2. The Balaban J connectivity index is 2.39. The van der Waals surface area contributed by atoms with Crippen LogP contribution in [-0.4, -0.2) is 33.1 Å². The Morgan fingerprint density at radius 3 is 2.95 bits per heavy atom. The summed E-state index contributed by atoms with van der Waals surface area (Å²) in [5.41, 5.74) is 0.864. The third-order valence-corrected chi connectivity index (χ3v) is 5.38. The van der Waals surface area contributed by atoms with Gasteiger partial charge in [-0.05, 0) is 13.8 Å². The molecule has 0 radical (unpaired) electrons. The molecule has 1 aliphatic rings. The van der Waals surface area contributed by atoms with E-state index in [2.05, 4.69) is 11.9 Å². The van der Waals surface area contributed by atoms with Gasteiger partial charge in [-0.2, -0.15) is 0 Å². The van der Waals surface area contributed by atoms with Gasteiger partial charge in [-0.3, -0.25) is 14.2 Å². The van der Waals surface area contributed by atoms with Gasteiger partial charge in [0, 0.05) is 18.2 Å². The largest absolute Gasteiger partial charge is 0.468 e. The Bertz CT molecular complexity index is 586. The quantitative estimate of drug-likeness (QED) is 0.481. The van der Waals surface area contributed by atoms with Crippen molar-refractivity contribution < 1.29 is 9.53 Å². The van der Waals surface area contributed by atoms with Gasteiger partial charge in [0.1, 0.15) is 5.25 Å². The van der Waals surface area contributed by atoms with E-state index in [1.165, 1.54) is 18.9 Å². The Morgan fingerprint density at radius 1 is 1.65 bits per heavy atom. The molecule has 1 aromatic rings. The highest BCUT2D eigenvalue weighted by atomic mass is 32.2. The fraction of sp³-hybridized carbons (Fsp3) is 0.615. The second-order valence-corrected chi connectivity index (χ2v) is 7.39. The fourth-order valence-corrected chi connectivity index (χ4v) is 4.20. The lowest BCUT2D eigenvalue weighted by Gasteiger charge is -2.14. The van der Waals surface area contributed by atoms with Crippen molar-refractivity contribution in [1.82, 2.24) is 9.55 Å². The molecule has 2 rings (SSSR count). The predicted molar refractivity (Wildman–Crippen MR) is 80.5 cm³/mol. The van der Waals surface area contributed by atoms with Gasteiger partial charge in [-0.15, -0.1) is 11.8 Å². The first-order chi connectivity index (χ1) is 9.47. The molecule has 0 saturated heterocycles. The molecule has 0 amide bonds. The number of rotatable bonds is 4. The molecule has 0 fully saturated rings. The van der Waals surface area contributed by atoms with Crippen molar-refractivity contribution in [2.75, 3.05) is 7.11 Å². The van der Waals surface area contributed by atoms with Gasteiger partial charge in [0.05, 0.1) is 17.7 Å². The van der Waals surface area contributed by atoms with E-state index >= 15 is 0 Å². The maximum Gasteiger partial charge on any atom is 0.318 e. The molecule has 0 bridgehead atoms. The first kappa shape index (κ1) is 15.4. The molecule has 20 heavy (non-hydrogen) atoms. The molecule has 0 N–H and O–H groups in total. The maximum atomic E-state index is 12.5. The van der Waals surface area contributed by atoms with Crippen molar-refractivity contribution in [2.45, 2.75) is 54.3 Å². The smallest absolute Gasteiger partial charge is 0.318 e. The van der Waals surface area contributed by atoms with E-state index < -0.39 is 0 Å². The lowest BCUT2D eigenvalue weighted by atomic mass is 10.2. The molecule has 5 nitrogen and oxygen atoms in total. The maximum absolute atomic E-state index is 12.5. The first-order valence-electron chi connectivity index (χ1n) is 6.52. The van der Waals surface area contributed by atoms with Crippen LogP contribution in [0, 0.1) is 0 Å². The van der Waals surface area contributed by atoms with Crippen molar-refractivity contribution in [1.29, 1.82) is 0 Å². The van der Waals surface area contributed by atoms with Crippen LogP contribution >= 0.6 is 23.5 Å². The second kappa shape index (κ2) is 6.22. The Hall–Kier alpha value is -0.950. The van der Waals surface area contributed by atoms with E-state index in [-0.39, 0.29) is 16.8 Å². The van der Waals surface area contributed by atoms with Gasteiger partial charge in [-0.1, -0.05) is 18.7 Å². The van der Waals surface area contributed by atoms with Crippen LogP contribution in [0.2, 0.25) is 0 Å². The number of thioether (sulfide) groups is 2. The van der Waals surface area contributed by atoms with Crippen LogP contribution in [0.4, 0.5) is 0 Å². The summed E-state index contributed by atoms with van der Waals surface area (Å²) >= 11 is 2.87. The van der Waals surface area contributed by atoms with Crippen LogP contribution < -0.4 is 5.56 Å². The molecule has 0 aromatic carbocycles. The van der Waals surface area contributed by atoms with Crippen LogP contribution in [-0.2, 0) is 22.5 Å². The fourth-order valence-electron chi connectivity index (χ4n) is 2.07. The number of methoxy groups -OCH3 is 1. The minimum atomic E-state index is -0.380. The van der Waals surface area contributed by atoms with E-state index in [0.29, 0.717) is 17.0 Å². The standard InChI is InChI=1S/C13H18N2O3S2/c1-5-15-11(16)10-9(6-7(2)19-10)14-13(15)20-8(3)12(17)18-4/h7-8H,5-6H2,1-4H3/t7-,8+/m0/s1. The highest BCUT2D eigenvalue weighted by Crippen LogP contribution is 2.34. The van der Waals surface area contributed by atoms with Crippen LogP contribution in [0.3, 0.4) is 0 Å². The summed E-state index contributed by atoms with van der Waals surface area (Å²) in [6.07, 6.45) is 0.806. The second-order valence-electron chi connectivity index (χ2n) is 4.64. The van der Waals surface area contributed by atoms with Crippen molar-refractivity contribution in [3.63, 3.8) is 0 Å². The van der Waals surface area contributed by atoms with E-state index in [1.807, 2.05) is 6.92 Å². The number of carbonyl (C=O) groups excluding carboxylic acids is 1. The van der Waals surface area contributed by atoms with Crippen LogP contribution in [0.25, 0.3) is 0 Å². The number of esters is 1. The molecule has 0 spiro atoms. The minimum Gasteiger partial charge on any atom is -0.468 e. The average Bonchev–Trinajstić information content (AvgIpc) is 2.79. The van der Waals surface area contributed by atoms with Crippen molar-refractivity contribution >= 4 is 29.5 Å². The zero-order valence-electron chi connectivity index (χ0n) is 12.0. The molecule has 1 aromatic heterocycles. The van der Waals surface area contributed by atoms with Gasteiger partial charge in [0.15, 0.2) is 5.16 Å². The Kier molecular flexibility index (Phi) is 4.80. The van der Waals surface area contributed by atoms with Gasteiger partial charge in [-0.25, -0.2) is 4.98 Å². The summed E-state index contributed by atoms with van der Waals surface area (Å²) in [6, 6.07) is 0. The minimum absolute atomic E-state index is 0.00594. The number of carbonyl (C=O) groups is 1. The highest BCUT2D eigenvalue weighted by molar-refractivity contribution is 8.00. The number of nitrogens with zero attached hydrogens (tertiary/aromatic N) is 2. The predicted octanol–water partition coefficient (Wildman–Crippen LogP) is 1.95. The molecule has 1 aliphatic heterocycles. The lowest BCUT2D eigenvalue weighted by Crippen LogP contribution is -2.26. The van der Waals surface area contributed by atoms with Crippen molar-refractivity contribution in [3.05, 3.63) is 16.0 Å². The third-order valence-electron chi connectivity index (χ3n) is 3.09. The molecular formula is C13H18N2O3S2. The van der Waals surface area contributed by atoms with Gasteiger partial charge < -0.3 is 4.74 Å². The molecular weight excluding hydrogens is 296 g/mol. The Morgan fingerprint density at radius 2 is 2.35 bits per heavy atom. The van der Waals surface area contributed by atoms with E-state index in [4.69, 9.17) is 4.74 Å². The molecule has 0 saturated carbocycles. The molecule has 0 aliphatic carbocycles. The number of ether oxygens (including phenoxy) is 1. The number of hydrogen-bond acceptors (Lipinski definition) is 6. The van der Waals surface area contributed by atoms with Gasteiger partial charge in [0.25, 0.3) is 5.56 Å². The van der Waals surface area contributed by atoms with Crippen LogP contribution in [0.1, 0.15) is 26.5 Å². The average molecular weight is 314 g/mol. The summed E-state index contributed by atoms with van der Waals surface area (Å²) in [7, 11) is 1.36. The summed E-state index contributed by atoms with van der Waals surface area (Å²) < 4.78 is 6.35. The number of hydrogen-bond donors (Lipinski definition) is 0. The van der Waals surface area contributed by atoms with Crippen LogP contribution in [0.5, 0.6) is 0 Å². The van der Waals surface area contributed by atoms with Gasteiger partial charge >= 0.3 is 5.97 Å². The zero-order chi connectivity index (χ0) is 14.9. The summed E-state index contributed by atoms with van der Waals surface area (Å²) in [5.74, 6) is -0.310. The van der Waals surface area contributed by atoms with E-state index in [9.17, 15) is 9.59 Å². The van der Waals surface area contributed by atoms with Crippen molar-refractivity contribution in [3.8, 4) is 0 Å². The summed E-state index contributed by atoms with van der Waals surface area (Å²) in [5, 5.41) is 0.604. The Labute approximate surface area is 126 Å². The summed E-state index contributed by atoms with van der Waals surface area (Å²) in [4.78, 5) is 29.3. The van der Waals surface area contributed by atoms with Gasteiger partial charge in [0.2, 0.25) is 0 Å². The number of fused-ring (bicyclic) bond motifs is 1. The zero-order valence-corrected chi connectivity index (χ0v) is 13.6. The third kappa shape index (κ3) is 2.88. The lowest BCUT2D eigenvalue weighted by molar-refractivity contribution is -0.139. The molecule has 2 atom stereocenters. The first-order valence-corrected chi connectivity index (χ1v) is 8.28. The topological polar surface area (TPSA) is 61.2 Å². The monoisotopic (exact) mass is 314 g/mol. The van der Waals surface area contributed by atoms with E-state index in [1.54, 1.807) is 23.3 Å². The molecule has 110 valence electrons. The highest BCUT2D eigenvalue weighted by Gasteiger charge is 2.27.